The van der Waals surface area contributed by atoms with Gasteiger partial charge in [-0.25, -0.2) is 9.59 Å². The predicted molar refractivity (Wildman–Crippen MR) is 102 cm³/mol. The number of carbonyl (C=O) groups is 4. The van der Waals surface area contributed by atoms with E-state index in [-0.39, 0.29) is 24.6 Å². The van der Waals surface area contributed by atoms with Gasteiger partial charge in [-0.2, -0.15) is 0 Å². The minimum atomic E-state index is -0.967. The number of ether oxygens (including phenoxy) is 2. The molecule has 144 valence electrons. The first kappa shape index (κ1) is 20.8. The van der Waals surface area contributed by atoms with Crippen LogP contribution in [0.1, 0.15) is 35.2 Å². The number of Topliss-reactive ketones (excluding diaryl/α,β-unsaturated/α-hetero) is 1. The predicted octanol–water partition coefficient (Wildman–Crippen LogP) is 3.29. The maximum Gasteiger partial charge on any atom is 0.379 e. The largest absolute Gasteiger partial charge is 0.463 e. The van der Waals surface area contributed by atoms with Crippen LogP contribution in [-0.2, 0) is 19.1 Å². The van der Waals surface area contributed by atoms with Gasteiger partial charge in [-0.1, -0.05) is 36.9 Å². The second-order valence-corrected chi connectivity index (χ2v) is 5.86. The lowest BCUT2D eigenvalue weighted by atomic mass is 10.0. The van der Waals surface area contributed by atoms with Gasteiger partial charge in [-0.15, -0.1) is 0 Å². The van der Waals surface area contributed by atoms with Crippen LogP contribution < -0.4 is 4.74 Å². The molecule has 0 spiro atoms. The highest BCUT2D eigenvalue weighted by Gasteiger charge is 2.16. The summed E-state index contributed by atoms with van der Waals surface area (Å²) in [6.07, 6.45) is 1.90. The van der Waals surface area contributed by atoms with E-state index in [0.717, 1.165) is 6.08 Å². The molecule has 0 saturated heterocycles. The first-order chi connectivity index (χ1) is 13.5. The summed E-state index contributed by atoms with van der Waals surface area (Å²) in [6, 6.07) is 14.8. The van der Waals surface area contributed by atoms with Crippen molar-refractivity contribution in [1.82, 2.24) is 0 Å². The van der Waals surface area contributed by atoms with E-state index < -0.39 is 17.7 Å². The number of hydrogen-bond donors (Lipinski definition) is 0. The Hall–Kier alpha value is -3.54. The molecule has 0 aliphatic heterocycles. The highest BCUT2D eigenvalue weighted by Crippen LogP contribution is 2.16. The van der Waals surface area contributed by atoms with Crippen molar-refractivity contribution >= 4 is 23.5 Å². The SMILES string of the molecule is C=CC(=O)OCCCCC(=O)C(=O)Oc1ccc(C(=O)c2ccccc2)cc1. The number of rotatable bonds is 10. The first-order valence-electron chi connectivity index (χ1n) is 8.75. The third kappa shape index (κ3) is 6.32. The normalized spacial score (nSPS) is 10.0. The van der Waals surface area contributed by atoms with Crippen molar-refractivity contribution < 1.29 is 28.7 Å². The van der Waals surface area contributed by atoms with Gasteiger partial charge in [0.25, 0.3) is 0 Å². The lowest BCUT2D eigenvalue weighted by Crippen LogP contribution is -2.20. The molecular formula is C22H20O6. The number of ketones is 2. The second-order valence-electron chi connectivity index (χ2n) is 5.86. The van der Waals surface area contributed by atoms with Gasteiger partial charge in [0.2, 0.25) is 5.78 Å². The van der Waals surface area contributed by atoms with E-state index >= 15 is 0 Å². The van der Waals surface area contributed by atoms with E-state index in [0.29, 0.717) is 24.0 Å². The van der Waals surface area contributed by atoms with Crippen molar-refractivity contribution in [2.24, 2.45) is 0 Å². The number of carbonyl (C=O) groups excluding carboxylic acids is 4. The lowest BCUT2D eigenvalue weighted by Gasteiger charge is -2.05. The Morgan fingerprint density at radius 2 is 1.50 bits per heavy atom. The zero-order valence-corrected chi connectivity index (χ0v) is 15.3. The summed E-state index contributed by atoms with van der Waals surface area (Å²) in [6.45, 7) is 3.43. The molecule has 0 unspecified atom stereocenters. The van der Waals surface area contributed by atoms with Crippen LogP contribution in [0.5, 0.6) is 5.75 Å². The molecule has 0 bridgehead atoms. The lowest BCUT2D eigenvalue weighted by molar-refractivity contribution is -0.147. The zero-order chi connectivity index (χ0) is 20.4. The average Bonchev–Trinajstić information content (AvgIpc) is 2.73. The maximum absolute atomic E-state index is 12.3. The van der Waals surface area contributed by atoms with E-state index in [1.54, 1.807) is 24.3 Å². The molecule has 2 aromatic carbocycles. The van der Waals surface area contributed by atoms with Crippen molar-refractivity contribution in [3.8, 4) is 5.75 Å². The van der Waals surface area contributed by atoms with Crippen molar-refractivity contribution in [1.29, 1.82) is 0 Å². The van der Waals surface area contributed by atoms with Crippen LogP contribution in [0.2, 0.25) is 0 Å². The standard InChI is InChI=1S/C22H20O6/c1-2-20(24)27-15-7-6-10-19(23)22(26)28-18-13-11-17(12-14-18)21(25)16-8-4-3-5-9-16/h2-5,8-9,11-14H,1,6-7,10,15H2. The molecule has 6 heteroatoms. The Morgan fingerprint density at radius 1 is 0.857 bits per heavy atom. The van der Waals surface area contributed by atoms with Crippen LogP contribution in [-0.4, -0.2) is 30.1 Å². The highest BCUT2D eigenvalue weighted by molar-refractivity contribution is 6.34. The third-order valence-electron chi connectivity index (χ3n) is 3.80. The Balaban J connectivity index is 1.80. The number of hydrogen-bond acceptors (Lipinski definition) is 6. The van der Waals surface area contributed by atoms with Gasteiger partial charge in [-0.05, 0) is 37.1 Å². The van der Waals surface area contributed by atoms with Crippen LogP contribution in [0, 0.1) is 0 Å². The van der Waals surface area contributed by atoms with Gasteiger partial charge < -0.3 is 9.47 Å². The minimum absolute atomic E-state index is 0.00491. The quantitative estimate of drug-likeness (QED) is 0.157. The van der Waals surface area contributed by atoms with E-state index in [2.05, 4.69) is 6.58 Å². The zero-order valence-electron chi connectivity index (χ0n) is 15.3. The summed E-state index contributed by atoms with van der Waals surface area (Å²) in [5.74, 6) is -2.13. The molecule has 0 amide bonds. The number of unbranched alkanes of at least 4 members (excludes halogenated alkanes) is 1. The maximum atomic E-state index is 12.3. The first-order valence-corrected chi connectivity index (χ1v) is 8.75. The van der Waals surface area contributed by atoms with E-state index in [1.165, 1.54) is 24.3 Å². The van der Waals surface area contributed by atoms with Crippen LogP contribution in [0.15, 0.2) is 67.3 Å². The third-order valence-corrected chi connectivity index (χ3v) is 3.80. The van der Waals surface area contributed by atoms with Crippen LogP contribution in [0.4, 0.5) is 0 Å². The van der Waals surface area contributed by atoms with E-state index in [4.69, 9.17) is 9.47 Å². The minimum Gasteiger partial charge on any atom is -0.463 e. The molecule has 0 aliphatic rings. The summed E-state index contributed by atoms with van der Waals surface area (Å²) in [4.78, 5) is 46.8. The molecule has 0 saturated carbocycles. The molecule has 0 heterocycles. The molecule has 0 aliphatic carbocycles. The number of esters is 2. The molecule has 0 aromatic heterocycles. The van der Waals surface area contributed by atoms with Gasteiger partial charge in [-0.3, -0.25) is 9.59 Å². The summed E-state index contributed by atoms with van der Waals surface area (Å²) in [7, 11) is 0. The van der Waals surface area contributed by atoms with E-state index in [1.807, 2.05) is 6.07 Å². The molecule has 0 atom stereocenters. The smallest absolute Gasteiger partial charge is 0.379 e. The Labute approximate surface area is 162 Å². The van der Waals surface area contributed by atoms with E-state index in [9.17, 15) is 19.2 Å². The molecule has 2 aromatic rings. The van der Waals surface area contributed by atoms with Crippen molar-refractivity contribution in [2.45, 2.75) is 19.3 Å². The molecule has 0 N–H and O–H groups in total. The Kier molecular flexibility index (Phi) is 7.84. The molecule has 28 heavy (non-hydrogen) atoms. The average molecular weight is 380 g/mol. The topological polar surface area (TPSA) is 86.7 Å². The van der Waals surface area contributed by atoms with Gasteiger partial charge in [0.05, 0.1) is 6.61 Å². The van der Waals surface area contributed by atoms with Crippen LogP contribution >= 0.6 is 0 Å². The van der Waals surface area contributed by atoms with Crippen LogP contribution in [0.3, 0.4) is 0 Å². The molecular weight excluding hydrogens is 360 g/mol. The highest BCUT2D eigenvalue weighted by atomic mass is 16.5. The van der Waals surface area contributed by atoms with Gasteiger partial charge >= 0.3 is 11.9 Å². The number of benzene rings is 2. The molecule has 0 radical (unpaired) electrons. The van der Waals surface area contributed by atoms with Crippen molar-refractivity contribution in [3.05, 3.63) is 78.4 Å². The van der Waals surface area contributed by atoms with Crippen molar-refractivity contribution in [2.75, 3.05) is 6.61 Å². The summed E-state index contributed by atoms with van der Waals surface area (Å²) in [5, 5.41) is 0. The van der Waals surface area contributed by atoms with Crippen LogP contribution in [0.25, 0.3) is 0 Å². The Morgan fingerprint density at radius 3 is 2.14 bits per heavy atom. The molecule has 0 fully saturated rings. The Bertz CT molecular complexity index is 852. The fourth-order valence-corrected chi connectivity index (χ4v) is 2.32. The summed E-state index contributed by atoms with van der Waals surface area (Å²) < 4.78 is 9.81. The van der Waals surface area contributed by atoms with Gasteiger partial charge in [0.15, 0.2) is 5.78 Å². The summed E-state index contributed by atoms with van der Waals surface area (Å²) >= 11 is 0. The van der Waals surface area contributed by atoms with Gasteiger partial charge in [0, 0.05) is 23.6 Å². The van der Waals surface area contributed by atoms with Crippen molar-refractivity contribution in [3.63, 3.8) is 0 Å². The monoisotopic (exact) mass is 380 g/mol. The fraction of sp³-hybridized carbons (Fsp3) is 0.182. The summed E-state index contributed by atoms with van der Waals surface area (Å²) in [5.41, 5.74) is 1.01. The second kappa shape index (κ2) is 10.6. The molecule has 2 rings (SSSR count). The van der Waals surface area contributed by atoms with Gasteiger partial charge in [0.1, 0.15) is 5.75 Å². The molecule has 6 nitrogen and oxygen atoms in total. The fourth-order valence-electron chi connectivity index (χ4n) is 2.32.